The lowest BCUT2D eigenvalue weighted by Gasteiger charge is -2.13. The highest BCUT2D eigenvalue weighted by Crippen LogP contribution is 2.32. The summed E-state index contributed by atoms with van der Waals surface area (Å²) >= 11 is 0. The highest BCUT2D eigenvalue weighted by Gasteiger charge is 2.31. The van der Waals surface area contributed by atoms with Gasteiger partial charge in [0.15, 0.2) is 11.5 Å². The standard InChI is InChI=1S/C16H20N2O4/c1-10(19)11-7-13(17-9-11)16(20)18-12-3-4-14-15(8-12)22-6-2-5-21-14/h3-4,8,11,13,17H,2,5-7,9H2,1H3,(H,18,20). The van der Waals surface area contributed by atoms with E-state index in [0.717, 1.165) is 6.42 Å². The van der Waals surface area contributed by atoms with E-state index in [1.54, 1.807) is 25.1 Å². The Morgan fingerprint density at radius 2 is 2.00 bits per heavy atom. The Hall–Kier alpha value is -2.08. The Bertz CT molecular complexity index is 588. The van der Waals surface area contributed by atoms with Crippen LogP contribution in [0.4, 0.5) is 5.69 Å². The summed E-state index contributed by atoms with van der Waals surface area (Å²) in [4.78, 5) is 23.6. The van der Waals surface area contributed by atoms with E-state index in [2.05, 4.69) is 10.6 Å². The van der Waals surface area contributed by atoms with Crippen LogP contribution in [0, 0.1) is 5.92 Å². The van der Waals surface area contributed by atoms with Crippen LogP contribution in [0.25, 0.3) is 0 Å². The summed E-state index contributed by atoms with van der Waals surface area (Å²) in [5, 5.41) is 5.96. The lowest BCUT2D eigenvalue weighted by molar-refractivity contribution is -0.120. The fraction of sp³-hybridized carbons (Fsp3) is 0.500. The smallest absolute Gasteiger partial charge is 0.241 e. The summed E-state index contributed by atoms with van der Waals surface area (Å²) in [5.41, 5.74) is 0.669. The van der Waals surface area contributed by atoms with Crippen molar-refractivity contribution in [2.75, 3.05) is 25.1 Å². The summed E-state index contributed by atoms with van der Waals surface area (Å²) in [6.45, 7) is 3.37. The number of carbonyl (C=O) groups excluding carboxylic acids is 2. The Kier molecular flexibility index (Phi) is 4.29. The topological polar surface area (TPSA) is 76.7 Å². The number of anilines is 1. The molecule has 2 heterocycles. The van der Waals surface area contributed by atoms with Gasteiger partial charge in [0.2, 0.25) is 5.91 Å². The van der Waals surface area contributed by atoms with Gasteiger partial charge in [0, 0.05) is 30.6 Å². The van der Waals surface area contributed by atoms with Crippen LogP contribution in [0.1, 0.15) is 19.8 Å². The van der Waals surface area contributed by atoms with Crippen LogP contribution < -0.4 is 20.1 Å². The van der Waals surface area contributed by atoms with Gasteiger partial charge in [-0.3, -0.25) is 9.59 Å². The number of ketones is 1. The molecule has 0 radical (unpaired) electrons. The quantitative estimate of drug-likeness (QED) is 0.881. The summed E-state index contributed by atoms with van der Waals surface area (Å²) in [5.74, 6) is 1.28. The highest BCUT2D eigenvalue weighted by atomic mass is 16.5. The molecule has 2 atom stereocenters. The average Bonchev–Trinajstić information content (AvgIpc) is 2.88. The zero-order chi connectivity index (χ0) is 15.5. The van der Waals surface area contributed by atoms with Crippen LogP contribution in [0.15, 0.2) is 18.2 Å². The number of benzene rings is 1. The Morgan fingerprint density at radius 3 is 2.73 bits per heavy atom. The molecule has 0 bridgehead atoms. The molecule has 6 nitrogen and oxygen atoms in total. The molecule has 0 saturated carbocycles. The van der Waals surface area contributed by atoms with Crippen molar-refractivity contribution in [3.05, 3.63) is 18.2 Å². The van der Waals surface area contributed by atoms with E-state index in [9.17, 15) is 9.59 Å². The fourth-order valence-electron chi connectivity index (χ4n) is 2.72. The molecular weight excluding hydrogens is 284 g/mol. The summed E-state index contributed by atoms with van der Waals surface area (Å²) in [6.07, 6.45) is 1.39. The number of rotatable bonds is 3. The maximum atomic E-state index is 12.3. The predicted molar refractivity (Wildman–Crippen MR) is 81.3 cm³/mol. The van der Waals surface area contributed by atoms with Crippen molar-refractivity contribution in [3.8, 4) is 11.5 Å². The first-order valence-corrected chi connectivity index (χ1v) is 7.58. The molecule has 2 unspecified atom stereocenters. The molecule has 2 N–H and O–H groups in total. The molecule has 22 heavy (non-hydrogen) atoms. The van der Waals surface area contributed by atoms with E-state index in [1.807, 2.05) is 0 Å². The summed E-state index contributed by atoms with van der Waals surface area (Å²) in [7, 11) is 0. The highest BCUT2D eigenvalue weighted by molar-refractivity contribution is 5.96. The third kappa shape index (κ3) is 3.22. The lowest BCUT2D eigenvalue weighted by Crippen LogP contribution is -2.35. The number of Topliss-reactive ketones (excluding diaryl/α,β-unsaturated/α-hetero) is 1. The van der Waals surface area contributed by atoms with Crippen molar-refractivity contribution >= 4 is 17.4 Å². The van der Waals surface area contributed by atoms with Crippen molar-refractivity contribution < 1.29 is 19.1 Å². The molecule has 1 saturated heterocycles. The van der Waals surface area contributed by atoms with E-state index in [4.69, 9.17) is 9.47 Å². The van der Waals surface area contributed by atoms with Gasteiger partial charge in [-0.15, -0.1) is 0 Å². The molecule has 0 aliphatic carbocycles. The van der Waals surface area contributed by atoms with Gasteiger partial charge in [-0.25, -0.2) is 0 Å². The molecule has 2 aliphatic rings. The Morgan fingerprint density at radius 1 is 1.23 bits per heavy atom. The number of hydrogen-bond donors (Lipinski definition) is 2. The zero-order valence-corrected chi connectivity index (χ0v) is 12.6. The predicted octanol–water partition coefficient (Wildman–Crippen LogP) is 1.35. The van der Waals surface area contributed by atoms with Gasteiger partial charge in [-0.05, 0) is 25.5 Å². The maximum Gasteiger partial charge on any atom is 0.241 e. The van der Waals surface area contributed by atoms with E-state index >= 15 is 0 Å². The molecule has 1 aromatic rings. The van der Waals surface area contributed by atoms with Gasteiger partial charge in [-0.2, -0.15) is 0 Å². The first-order chi connectivity index (χ1) is 10.6. The first-order valence-electron chi connectivity index (χ1n) is 7.58. The maximum absolute atomic E-state index is 12.3. The zero-order valence-electron chi connectivity index (χ0n) is 12.6. The van der Waals surface area contributed by atoms with Gasteiger partial charge in [0.1, 0.15) is 5.78 Å². The molecule has 1 aromatic carbocycles. The van der Waals surface area contributed by atoms with Gasteiger partial charge >= 0.3 is 0 Å². The lowest BCUT2D eigenvalue weighted by atomic mass is 10.0. The van der Waals surface area contributed by atoms with Crippen molar-refractivity contribution in [1.82, 2.24) is 5.32 Å². The van der Waals surface area contributed by atoms with Crippen LogP contribution in [0.3, 0.4) is 0 Å². The molecule has 1 amide bonds. The van der Waals surface area contributed by atoms with E-state index in [0.29, 0.717) is 43.4 Å². The Labute approximate surface area is 129 Å². The monoisotopic (exact) mass is 304 g/mol. The molecule has 118 valence electrons. The minimum atomic E-state index is -0.329. The van der Waals surface area contributed by atoms with Crippen molar-refractivity contribution in [3.63, 3.8) is 0 Å². The number of hydrogen-bond acceptors (Lipinski definition) is 5. The van der Waals surface area contributed by atoms with Crippen LogP contribution >= 0.6 is 0 Å². The average molecular weight is 304 g/mol. The minimum Gasteiger partial charge on any atom is -0.490 e. The normalized spacial score (nSPS) is 23.7. The largest absolute Gasteiger partial charge is 0.490 e. The van der Waals surface area contributed by atoms with Gasteiger partial charge in [0.25, 0.3) is 0 Å². The van der Waals surface area contributed by atoms with E-state index < -0.39 is 0 Å². The van der Waals surface area contributed by atoms with E-state index in [-0.39, 0.29) is 23.7 Å². The van der Waals surface area contributed by atoms with E-state index in [1.165, 1.54) is 0 Å². The van der Waals surface area contributed by atoms with Gasteiger partial charge in [-0.1, -0.05) is 0 Å². The summed E-state index contributed by atoms with van der Waals surface area (Å²) < 4.78 is 11.2. The number of carbonyl (C=O) groups is 2. The molecule has 3 rings (SSSR count). The van der Waals surface area contributed by atoms with Crippen LogP contribution in [-0.2, 0) is 9.59 Å². The van der Waals surface area contributed by atoms with Crippen molar-refractivity contribution in [2.24, 2.45) is 5.92 Å². The number of fused-ring (bicyclic) bond motifs is 1. The van der Waals surface area contributed by atoms with Crippen LogP contribution in [0.5, 0.6) is 11.5 Å². The second kappa shape index (κ2) is 6.36. The molecule has 0 spiro atoms. The minimum absolute atomic E-state index is 0.0699. The second-order valence-corrected chi connectivity index (χ2v) is 5.71. The molecular formula is C16H20N2O4. The molecule has 1 fully saturated rings. The molecule has 6 heteroatoms. The SMILES string of the molecule is CC(=O)C1CNC(C(=O)Nc2ccc3c(c2)OCCCO3)C1. The summed E-state index contributed by atoms with van der Waals surface area (Å²) in [6, 6.07) is 5.04. The Balaban J connectivity index is 1.65. The van der Waals surface area contributed by atoms with Gasteiger partial charge in [0.05, 0.1) is 19.3 Å². The van der Waals surface area contributed by atoms with Crippen LogP contribution in [0.2, 0.25) is 0 Å². The third-order valence-electron chi connectivity index (χ3n) is 4.04. The fourth-order valence-corrected chi connectivity index (χ4v) is 2.72. The number of ether oxygens (including phenoxy) is 2. The molecule has 0 aromatic heterocycles. The van der Waals surface area contributed by atoms with Crippen molar-refractivity contribution in [1.29, 1.82) is 0 Å². The second-order valence-electron chi connectivity index (χ2n) is 5.71. The number of amides is 1. The first kappa shape index (κ1) is 14.8. The van der Waals surface area contributed by atoms with Gasteiger partial charge < -0.3 is 20.1 Å². The van der Waals surface area contributed by atoms with Crippen molar-refractivity contribution in [2.45, 2.75) is 25.8 Å². The van der Waals surface area contributed by atoms with Crippen LogP contribution in [-0.4, -0.2) is 37.5 Å². The number of nitrogens with one attached hydrogen (secondary N) is 2. The molecule has 2 aliphatic heterocycles. The third-order valence-corrected chi connectivity index (χ3v) is 4.04.